The molecule has 4 N–H and O–H groups in total. The van der Waals surface area contributed by atoms with E-state index in [1.54, 1.807) is 4.57 Å². The van der Waals surface area contributed by atoms with Crippen molar-refractivity contribution in [2.24, 2.45) is 5.73 Å². The molecule has 1 amide bonds. The van der Waals surface area contributed by atoms with Crippen LogP contribution in [0.2, 0.25) is 0 Å². The fourth-order valence-corrected chi connectivity index (χ4v) is 1.65. The molecule has 1 heterocycles. The molecular formula is C11H16N4O2. The molecule has 0 aliphatic rings. The van der Waals surface area contributed by atoms with Gasteiger partial charge >= 0.3 is 0 Å². The van der Waals surface area contributed by atoms with Crippen molar-refractivity contribution in [2.45, 2.75) is 20.4 Å². The quantitative estimate of drug-likeness (QED) is 0.705. The SMILES string of the molecule is Cc1c(C#N)c(N)n(CCOCC(N)=O)c1C. The number of aromatic nitrogens is 1. The number of carbonyl (C=O) groups is 1. The first-order valence-electron chi connectivity index (χ1n) is 5.20. The molecular weight excluding hydrogens is 220 g/mol. The summed E-state index contributed by atoms with van der Waals surface area (Å²) in [5.74, 6) is -0.0683. The van der Waals surface area contributed by atoms with Gasteiger partial charge < -0.3 is 20.8 Å². The number of rotatable bonds is 5. The van der Waals surface area contributed by atoms with Crippen molar-refractivity contribution in [1.29, 1.82) is 5.26 Å². The van der Waals surface area contributed by atoms with Crippen LogP contribution in [0.4, 0.5) is 5.82 Å². The van der Waals surface area contributed by atoms with Crippen molar-refractivity contribution in [3.8, 4) is 6.07 Å². The normalized spacial score (nSPS) is 10.2. The first-order valence-corrected chi connectivity index (χ1v) is 5.20. The van der Waals surface area contributed by atoms with Crippen LogP contribution in [0.15, 0.2) is 0 Å². The number of nitrogens with zero attached hydrogens (tertiary/aromatic N) is 2. The number of nitrogen functional groups attached to an aromatic ring is 1. The monoisotopic (exact) mass is 236 g/mol. The Morgan fingerprint density at radius 1 is 1.53 bits per heavy atom. The Labute approximate surface area is 99.8 Å². The largest absolute Gasteiger partial charge is 0.384 e. The summed E-state index contributed by atoms with van der Waals surface area (Å²) in [6.45, 7) is 4.45. The molecule has 0 aliphatic carbocycles. The third-order valence-corrected chi connectivity index (χ3v) is 2.68. The van der Waals surface area contributed by atoms with Gasteiger partial charge in [0.2, 0.25) is 5.91 Å². The van der Waals surface area contributed by atoms with E-state index in [4.69, 9.17) is 21.5 Å². The van der Waals surface area contributed by atoms with Crippen molar-refractivity contribution in [1.82, 2.24) is 4.57 Å². The lowest BCUT2D eigenvalue weighted by Crippen LogP contribution is -2.20. The number of ether oxygens (including phenoxy) is 1. The van der Waals surface area contributed by atoms with Gasteiger partial charge in [-0.3, -0.25) is 4.79 Å². The third-order valence-electron chi connectivity index (χ3n) is 2.68. The number of nitrogens with two attached hydrogens (primary N) is 2. The summed E-state index contributed by atoms with van der Waals surface area (Å²) in [4.78, 5) is 10.5. The van der Waals surface area contributed by atoms with Crippen LogP contribution >= 0.6 is 0 Å². The van der Waals surface area contributed by atoms with Gasteiger partial charge in [0.15, 0.2) is 0 Å². The molecule has 0 aliphatic heterocycles. The standard InChI is InChI=1S/C11H16N4O2/c1-7-8(2)15(11(14)9(7)5-12)3-4-17-6-10(13)16/h3-4,6,14H2,1-2H3,(H2,13,16). The van der Waals surface area contributed by atoms with E-state index >= 15 is 0 Å². The number of nitriles is 1. The van der Waals surface area contributed by atoms with E-state index in [1.807, 2.05) is 13.8 Å². The van der Waals surface area contributed by atoms with Crippen molar-refractivity contribution < 1.29 is 9.53 Å². The molecule has 0 saturated heterocycles. The maximum absolute atomic E-state index is 10.5. The number of amides is 1. The fourth-order valence-electron chi connectivity index (χ4n) is 1.65. The Bertz CT molecular complexity index is 471. The third kappa shape index (κ3) is 2.77. The molecule has 1 rings (SSSR count). The maximum Gasteiger partial charge on any atom is 0.243 e. The topological polar surface area (TPSA) is 107 Å². The molecule has 1 aromatic heterocycles. The van der Waals surface area contributed by atoms with Crippen molar-refractivity contribution in [3.63, 3.8) is 0 Å². The molecule has 6 nitrogen and oxygen atoms in total. The van der Waals surface area contributed by atoms with E-state index in [2.05, 4.69) is 6.07 Å². The van der Waals surface area contributed by atoms with Gasteiger partial charge in [0.05, 0.1) is 12.2 Å². The summed E-state index contributed by atoms with van der Waals surface area (Å²) < 4.78 is 6.86. The number of hydrogen-bond acceptors (Lipinski definition) is 4. The number of anilines is 1. The van der Waals surface area contributed by atoms with Crippen LogP contribution in [-0.2, 0) is 16.1 Å². The van der Waals surface area contributed by atoms with Gasteiger partial charge in [-0.25, -0.2) is 0 Å². The summed E-state index contributed by atoms with van der Waals surface area (Å²) in [6, 6.07) is 2.07. The van der Waals surface area contributed by atoms with Gasteiger partial charge in [0.25, 0.3) is 0 Å². The summed E-state index contributed by atoms with van der Waals surface area (Å²) in [5.41, 5.74) is 13.1. The van der Waals surface area contributed by atoms with Crippen LogP contribution in [0.1, 0.15) is 16.8 Å². The van der Waals surface area contributed by atoms with Crippen LogP contribution in [-0.4, -0.2) is 23.7 Å². The zero-order chi connectivity index (χ0) is 13.0. The predicted molar refractivity (Wildman–Crippen MR) is 63.0 cm³/mol. The number of hydrogen-bond donors (Lipinski definition) is 2. The first kappa shape index (κ1) is 13.1. The molecule has 0 fully saturated rings. The lowest BCUT2D eigenvalue weighted by Gasteiger charge is -2.08. The van der Waals surface area contributed by atoms with E-state index in [-0.39, 0.29) is 6.61 Å². The molecule has 1 aromatic rings. The van der Waals surface area contributed by atoms with Gasteiger partial charge in [0, 0.05) is 12.2 Å². The number of carbonyl (C=O) groups excluding carboxylic acids is 1. The molecule has 0 unspecified atom stereocenters. The molecule has 6 heteroatoms. The molecule has 0 bridgehead atoms. The Hall–Kier alpha value is -2.00. The highest BCUT2D eigenvalue weighted by Gasteiger charge is 2.14. The van der Waals surface area contributed by atoms with E-state index in [0.29, 0.717) is 24.5 Å². The van der Waals surface area contributed by atoms with E-state index in [9.17, 15) is 4.79 Å². The van der Waals surface area contributed by atoms with Crippen LogP contribution in [0.25, 0.3) is 0 Å². The molecule has 92 valence electrons. The van der Waals surface area contributed by atoms with Crippen LogP contribution < -0.4 is 11.5 Å². The van der Waals surface area contributed by atoms with Crippen molar-refractivity contribution >= 4 is 11.7 Å². The minimum absolute atomic E-state index is 0.107. The van der Waals surface area contributed by atoms with Gasteiger partial charge in [-0.05, 0) is 19.4 Å². The summed E-state index contributed by atoms with van der Waals surface area (Å²) in [5, 5.41) is 8.95. The summed E-state index contributed by atoms with van der Waals surface area (Å²) >= 11 is 0. The minimum atomic E-state index is -0.504. The van der Waals surface area contributed by atoms with Crippen molar-refractivity contribution in [2.75, 3.05) is 18.9 Å². The minimum Gasteiger partial charge on any atom is -0.384 e. The fraction of sp³-hybridized carbons (Fsp3) is 0.455. The second-order valence-corrected chi connectivity index (χ2v) is 3.75. The zero-order valence-electron chi connectivity index (χ0n) is 9.99. The Morgan fingerprint density at radius 3 is 2.65 bits per heavy atom. The first-order chi connectivity index (χ1) is 7.99. The molecule has 0 saturated carbocycles. The smallest absolute Gasteiger partial charge is 0.243 e. The average Bonchev–Trinajstić information content (AvgIpc) is 2.47. The average molecular weight is 236 g/mol. The van der Waals surface area contributed by atoms with E-state index < -0.39 is 5.91 Å². The second-order valence-electron chi connectivity index (χ2n) is 3.75. The number of primary amides is 1. The predicted octanol–water partition coefficient (Wildman–Crippen LogP) is 0.0607. The molecule has 0 spiro atoms. The van der Waals surface area contributed by atoms with E-state index in [0.717, 1.165) is 11.3 Å². The van der Waals surface area contributed by atoms with Gasteiger partial charge in [-0.1, -0.05) is 0 Å². The summed E-state index contributed by atoms with van der Waals surface area (Å²) in [7, 11) is 0. The highest BCUT2D eigenvalue weighted by Crippen LogP contribution is 2.22. The van der Waals surface area contributed by atoms with Crippen LogP contribution in [0.5, 0.6) is 0 Å². The van der Waals surface area contributed by atoms with Gasteiger partial charge in [0.1, 0.15) is 18.5 Å². The molecule has 0 radical (unpaired) electrons. The lowest BCUT2D eigenvalue weighted by atomic mass is 10.2. The van der Waals surface area contributed by atoms with Gasteiger partial charge in [-0.2, -0.15) is 5.26 Å². The Kier molecular flexibility index (Phi) is 4.12. The molecule has 0 atom stereocenters. The Morgan fingerprint density at radius 2 is 2.18 bits per heavy atom. The van der Waals surface area contributed by atoms with Crippen LogP contribution in [0.3, 0.4) is 0 Å². The second kappa shape index (κ2) is 5.37. The van der Waals surface area contributed by atoms with Crippen molar-refractivity contribution in [3.05, 3.63) is 16.8 Å². The zero-order valence-corrected chi connectivity index (χ0v) is 9.99. The van der Waals surface area contributed by atoms with Gasteiger partial charge in [-0.15, -0.1) is 0 Å². The highest BCUT2D eigenvalue weighted by atomic mass is 16.5. The molecule has 0 aromatic carbocycles. The van der Waals surface area contributed by atoms with E-state index in [1.165, 1.54) is 0 Å². The Balaban J connectivity index is 2.72. The summed E-state index contributed by atoms with van der Waals surface area (Å²) in [6.07, 6.45) is 0. The van der Waals surface area contributed by atoms with Crippen LogP contribution in [0, 0.1) is 25.2 Å². The maximum atomic E-state index is 10.5. The highest BCUT2D eigenvalue weighted by molar-refractivity contribution is 5.74. The lowest BCUT2D eigenvalue weighted by molar-refractivity contribution is -0.122. The molecule has 17 heavy (non-hydrogen) atoms.